The molecule has 0 aliphatic rings. The van der Waals surface area contributed by atoms with E-state index in [2.05, 4.69) is 0 Å². The molecule has 0 radical (unpaired) electrons. The summed E-state index contributed by atoms with van der Waals surface area (Å²) in [4.78, 5) is 12.1. The first kappa shape index (κ1) is 14.5. The van der Waals surface area contributed by atoms with Crippen LogP contribution in [0.3, 0.4) is 0 Å². The number of fused-ring (bicyclic) bond motifs is 1. The lowest BCUT2D eigenvalue weighted by Gasteiger charge is -2.08. The highest BCUT2D eigenvalue weighted by atomic mass is 31.1. The second-order valence-electron chi connectivity index (χ2n) is 4.72. The van der Waals surface area contributed by atoms with Crippen molar-refractivity contribution in [3.05, 3.63) is 45.8 Å². The lowest BCUT2D eigenvalue weighted by Crippen LogP contribution is -2.07. The summed E-state index contributed by atoms with van der Waals surface area (Å²) in [7, 11) is -0.141. The summed E-state index contributed by atoms with van der Waals surface area (Å²) in [6.07, 6.45) is 1.91. The average molecular weight is 290 g/mol. The van der Waals surface area contributed by atoms with E-state index in [1.807, 2.05) is 19.9 Å². The van der Waals surface area contributed by atoms with Crippen LogP contribution in [-0.2, 0) is 4.57 Å². The van der Waals surface area contributed by atoms with Crippen LogP contribution >= 0.6 is 8.46 Å². The molecule has 5 heteroatoms. The number of hydrogen-bond acceptors (Lipinski definition) is 4. The van der Waals surface area contributed by atoms with Crippen LogP contribution in [0.1, 0.15) is 19.6 Å². The molecule has 20 heavy (non-hydrogen) atoms. The third kappa shape index (κ3) is 3.14. The third-order valence-electron chi connectivity index (χ3n) is 2.74. The molecule has 2 rings (SSSR count). The number of benzene rings is 1. The van der Waals surface area contributed by atoms with Crippen molar-refractivity contribution in [2.75, 3.05) is 6.61 Å². The van der Waals surface area contributed by atoms with Gasteiger partial charge >= 0.3 is 0 Å². The van der Waals surface area contributed by atoms with Gasteiger partial charge in [-0.2, -0.15) is 0 Å². The van der Waals surface area contributed by atoms with E-state index in [0.717, 1.165) is 5.57 Å². The molecule has 0 spiro atoms. The first-order chi connectivity index (χ1) is 9.51. The van der Waals surface area contributed by atoms with Crippen molar-refractivity contribution in [1.82, 2.24) is 0 Å². The molecule has 0 unspecified atom stereocenters. The summed E-state index contributed by atoms with van der Waals surface area (Å²) in [5.41, 5.74) is 1.35. The van der Waals surface area contributed by atoms with Gasteiger partial charge in [0.1, 0.15) is 29.1 Å². The van der Waals surface area contributed by atoms with Gasteiger partial charge in [0.15, 0.2) is 13.9 Å². The van der Waals surface area contributed by atoms with E-state index >= 15 is 0 Å². The standard InChI is InChI=1S/C15H15O4P/c1-9(2)4-5-18-13-7-11(20-17)8-14-15(13)12(16)6-10(3)19-14/h4,6-8H,5H2,1-3H3. The normalized spacial score (nSPS) is 10.8. The highest BCUT2D eigenvalue weighted by molar-refractivity contribution is 7.34. The average Bonchev–Trinajstić information content (AvgIpc) is 2.36. The Kier molecular flexibility index (Phi) is 4.35. The highest BCUT2D eigenvalue weighted by Gasteiger charge is 2.11. The van der Waals surface area contributed by atoms with Gasteiger partial charge in [-0.15, -0.1) is 0 Å². The molecule has 0 bridgehead atoms. The zero-order valence-electron chi connectivity index (χ0n) is 11.6. The molecule has 1 aromatic carbocycles. The van der Waals surface area contributed by atoms with E-state index in [0.29, 0.717) is 34.4 Å². The van der Waals surface area contributed by atoms with Crippen LogP contribution in [0, 0.1) is 6.92 Å². The predicted molar refractivity (Wildman–Crippen MR) is 79.4 cm³/mol. The molecule has 0 saturated heterocycles. The Balaban J connectivity index is 2.58. The quantitative estimate of drug-likeness (QED) is 0.640. The largest absolute Gasteiger partial charge is 0.489 e. The molecular weight excluding hydrogens is 275 g/mol. The number of rotatable bonds is 4. The maximum absolute atomic E-state index is 12.1. The van der Waals surface area contributed by atoms with Gasteiger partial charge in [0.25, 0.3) is 0 Å². The van der Waals surface area contributed by atoms with E-state index in [1.54, 1.807) is 19.1 Å². The fraction of sp³-hybridized carbons (Fsp3) is 0.267. The minimum absolute atomic E-state index is 0.141. The number of allylic oxidation sites excluding steroid dienone is 1. The molecule has 0 atom stereocenters. The van der Waals surface area contributed by atoms with Gasteiger partial charge in [-0.05, 0) is 39.0 Å². The van der Waals surface area contributed by atoms with E-state index in [9.17, 15) is 9.36 Å². The maximum atomic E-state index is 12.1. The molecule has 2 aromatic rings. The van der Waals surface area contributed by atoms with Crippen LogP contribution in [0.2, 0.25) is 0 Å². The van der Waals surface area contributed by atoms with Crippen molar-refractivity contribution in [3.63, 3.8) is 0 Å². The summed E-state index contributed by atoms with van der Waals surface area (Å²) in [6.45, 7) is 5.98. The first-order valence-electron chi connectivity index (χ1n) is 6.19. The summed E-state index contributed by atoms with van der Waals surface area (Å²) >= 11 is 0. The summed E-state index contributed by atoms with van der Waals surface area (Å²) < 4.78 is 22.2. The van der Waals surface area contributed by atoms with Gasteiger partial charge in [-0.25, -0.2) is 0 Å². The summed E-state index contributed by atoms with van der Waals surface area (Å²) in [6, 6.07) is 4.61. The number of aryl methyl sites for hydroxylation is 1. The van der Waals surface area contributed by atoms with Crippen molar-refractivity contribution in [3.8, 4) is 5.75 Å². The zero-order valence-corrected chi connectivity index (χ0v) is 12.5. The van der Waals surface area contributed by atoms with Crippen molar-refractivity contribution >= 4 is 24.7 Å². The molecule has 0 aliphatic heterocycles. The predicted octanol–water partition coefficient (Wildman–Crippen LogP) is 3.36. The molecule has 0 fully saturated rings. The van der Waals surface area contributed by atoms with E-state index < -0.39 is 0 Å². The minimum atomic E-state index is -0.162. The fourth-order valence-electron chi connectivity index (χ4n) is 1.82. The topological polar surface area (TPSA) is 56.5 Å². The monoisotopic (exact) mass is 290 g/mol. The molecule has 1 heterocycles. The molecule has 0 amide bonds. The SMILES string of the molecule is CC(C)=CCOc1cc(P=O)cc2oc(C)cc(=O)c12. The maximum Gasteiger partial charge on any atom is 0.196 e. The second kappa shape index (κ2) is 6.02. The van der Waals surface area contributed by atoms with Crippen LogP contribution in [-0.4, -0.2) is 6.61 Å². The Labute approximate surface area is 118 Å². The van der Waals surface area contributed by atoms with Crippen LogP contribution < -0.4 is 15.5 Å². The lowest BCUT2D eigenvalue weighted by molar-refractivity contribution is 0.366. The Hall–Kier alpha value is -1.93. The number of hydrogen-bond donors (Lipinski definition) is 0. The van der Waals surface area contributed by atoms with Gasteiger partial charge < -0.3 is 9.15 Å². The van der Waals surface area contributed by atoms with Crippen LogP contribution in [0.25, 0.3) is 11.0 Å². The molecular formula is C15H15O4P. The first-order valence-corrected chi connectivity index (χ1v) is 7.00. The van der Waals surface area contributed by atoms with E-state index in [-0.39, 0.29) is 13.9 Å². The Morgan fingerprint density at radius 2 is 2.10 bits per heavy atom. The van der Waals surface area contributed by atoms with Gasteiger partial charge in [0.05, 0.1) is 5.30 Å². The van der Waals surface area contributed by atoms with E-state index in [1.165, 1.54) is 6.07 Å². The second-order valence-corrected chi connectivity index (χ2v) is 5.42. The third-order valence-corrected chi connectivity index (χ3v) is 3.21. The van der Waals surface area contributed by atoms with Gasteiger partial charge in [0.2, 0.25) is 0 Å². The Bertz CT molecular complexity index is 739. The van der Waals surface area contributed by atoms with Gasteiger partial charge in [0, 0.05) is 6.07 Å². The van der Waals surface area contributed by atoms with Crippen molar-refractivity contribution in [2.45, 2.75) is 20.8 Å². The van der Waals surface area contributed by atoms with Crippen molar-refractivity contribution < 1.29 is 13.7 Å². The van der Waals surface area contributed by atoms with Crippen molar-refractivity contribution in [1.29, 1.82) is 0 Å². The molecule has 0 saturated carbocycles. The molecule has 1 aromatic heterocycles. The zero-order chi connectivity index (χ0) is 14.7. The summed E-state index contributed by atoms with van der Waals surface area (Å²) in [5.74, 6) is 0.907. The molecule has 4 nitrogen and oxygen atoms in total. The smallest absolute Gasteiger partial charge is 0.196 e. The van der Waals surface area contributed by atoms with Crippen molar-refractivity contribution in [2.24, 2.45) is 0 Å². The molecule has 104 valence electrons. The molecule has 0 N–H and O–H groups in total. The molecule has 0 aliphatic carbocycles. The summed E-state index contributed by atoms with van der Waals surface area (Å²) in [5, 5.41) is 0.892. The highest BCUT2D eigenvalue weighted by Crippen LogP contribution is 2.24. The van der Waals surface area contributed by atoms with Crippen LogP contribution in [0.5, 0.6) is 5.75 Å². The number of ether oxygens (including phenoxy) is 1. The lowest BCUT2D eigenvalue weighted by atomic mass is 10.2. The Morgan fingerprint density at radius 3 is 2.75 bits per heavy atom. The minimum Gasteiger partial charge on any atom is -0.489 e. The van der Waals surface area contributed by atoms with E-state index in [4.69, 9.17) is 9.15 Å². The van der Waals surface area contributed by atoms with Crippen LogP contribution in [0.4, 0.5) is 0 Å². The Morgan fingerprint density at radius 1 is 1.35 bits per heavy atom. The van der Waals surface area contributed by atoms with Gasteiger partial charge in [-0.1, -0.05) is 5.57 Å². The fourth-order valence-corrected chi connectivity index (χ4v) is 2.16. The van der Waals surface area contributed by atoms with Gasteiger partial charge in [-0.3, -0.25) is 9.36 Å². The van der Waals surface area contributed by atoms with Crippen LogP contribution in [0.15, 0.2) is 39.1 Å².